The molecule has 0 saturated heterocycles. The first kappa shape index (κ1) is 23.0. The van der Waals surface area contributed by atoms with E-state index in [4.69, 9.17) is 24.4 Å². The molecule has 11 nitrogen and oxygen atoms in total. The molecule has 0 aliphatic rings. The fourth-order valence-corrected chi connectivity index (χ4v) is 3.60. The van der Waals surface area contributed by atoms with Gasteiger partial charge in [-0.2, -0.15) is 29.8 Å². The summed E-state index contributed by atoms with van der Waals surface area (Å²) in [5.41, 5.74) is 1.95. The van der Waals surface area contributed by atoms with Crippen molar-refractivity contribution in [3.05, 3.63) is 87.4 Å². The Labute approximate surface area is 213 Å². The van der Waals surface area contributed by atoms with Gasteiger partial charge in [-0.3, -0.25) is 0 Å². The monoisotopic (exact) mass is 515 g/mol. The van der Waals surface area contributed by atoms with Crippen LogP contribution in [0, 0.1) is 9.54 Å². The molecular weight excluding hydrogens is 498 g/mol. The zero-order valence-electron chi connectivity index (χ0n) is 18.3. The minimum absolute atomic E-state index is 0.0881. The minimum Gasteiger partial charge on any atom is -0.507 e. The molecule has 3 aromatic heterocycles. The van der Waals surface area contributed by atoms with Crippen LogP contribution in [0.3, 0.4) is 0 Å². The van der Waals surface area contributed by atoms with Gasteiger partial charge in [0.15, 0.2) is 0 Å². The SMILES string of the molecule is Oc1ccccc1/C=N/n1c(-c2cccc(-c3n[nH]c(=S)n3/N=C/c3ccccc3O)n2)n[nH]c1=S. The van der Waals surface area contributed by atoms with Gasteiger partial charge in [0.05, 0.1) is 12.4 Å². The lowest BCUT2D eigenvalue weighted by Crippen LogP contribution is -2.00. The van der Waals surface area contributed by atoms with Crippen molar-refractivity contribution < 1.29 is 10.2 Å². The molecule has 0 fully saturated rings. The highest BCUT2D eigenvalue weighted by atomic mass is 32.1. The first-order valence-corrected chi connectivity index (χ1v) is 11.3. The minimum atomic E-state index is 0.0881. The molecule has 178 valence electrons. The lowest BCUT2D eigenvalue weighted by atomic mass is 10.2. The number of para-hydroxylation sites is 2. The molecule has 5 rings (SSSR count). The van der Waals surface area contributed by atoms with Gasteiger partial charge in [-0.15, -0.1) is 0 Å². The van der Waals surface area contributed by atoms with Gasteiger partial charge in [-0.25, -0.2) is 15.2 Å². The Kier molecular flexibility index (Phi) is 6.30. The number of nitrogens with zero attached hydrogens (tertiary/aromatic N) is 7. The number of aromatic nitrogens is 7. The number of phenols is 2. The second-order valence-electron chi connectivity index (χ2n) is 7.34. The molecule has 0 aliphatic carbocycles. The predicted molar refractivity (Wildman–Crippen MR) is 139 cm³/mol. The summed E-state index contributed by atoms with van der Waals surface area (Å²) >= 11 is 10.7. The lowest BCUT2D eigenvalue weighted by molar-refractivity contribution is 0.474. The summed E-state index contributed by atoms with van der Waals surface area (Å²) in [4.78, 5) is 4.66. The van der Waals surface area contributed by atoms with Gasteiger partial charge in [0.1, 0.15) is 22.9 Å². The summed E-state index contributed by atoms with van der Waals surface area (Å²) in [5, 5.41) is 42.7. The Balaban J connectivity index is 1.52. The maximum Gasteiger partial charge on any atom is 0.216 e. The highest BCUT2D eigenvalue weighted by Gasteiger charge is 2.15. The lowest BCUT2D eigenvalue weighted by Gasteiger charge is -2.04. The summed E-state index contributed by atoms with van der Waals surface area (Å²) in [6.07, 6.45) is 2.96. The summed E-state index contributed by atoms with van der Waals surface area (Å²) < 4.78 is 3.31. The van der Waals surface area contributed by atoms with E-state index in [0.717, 1.165) is 0 Å². The molecule has 0 amide bonds. The third kappa shape index (κ3) is 4.60. The molecule has 36 heavy (non-hydrogen) atoms. The van der Waals surface area contributed by atoms with E-state index in [-0.39, 0.29) is 21.0 Å². The van der Waals surface area contributed by atoms with E-state index in [2.05, 4.69) is 35.6 Å². The summed E-state index contributed by atoms with van der Waals surface area (Å²) in [7, 11) is 0. The van der Waals surface area contributed by atoms with Crippen LogP contribution in [0.2, 0.25) is 0 Å². The van der Waals surface area contributed by atoms with E-state index in [9.17, 15) is 10.2 Å². The fraction of sp³-hybridized carbons (Fsp3) is 0. The zero-order valence-corrected chi connectivity index (χ0v) is 20.0. The number of benzene rings is 2. The standard InChI is InChI=1S/C23H17N9O2S2/c33-18-10-3-1-6-14(18)12-24-31-20(27-29-22(31)35)16-8-5-9-17(26-16)21-28-30-23(36)32(21)25-13-15-7-2-4-11-19(15)34/h1-13,33-34H,(H,29,35)(H,30,36)/b24-12+,25-13+. The number of hydrogen-bond donors (Lipinski definition) is 4. The highest BCUT2D eigenvalue weighted by molar-refractivity contribution is 7.71. The van der Waals surface area contributed by atoms with E-state index in [0.29, 0.717) is 34.2 Å². The summed E-state index contributed by atoms with van der Waals surface area (Å²) in [6.45, 7) is 0. The van der Waals surface area contributed by atoms with Gasteiger partial charge >= 0.3 is 0 Å². The van der Waals surface area contributed by atoms with Crippen LogP contribution in [0.4, 0.5) is 0 Å². The van der Waals surface area contributed by atoms with E-state index < -0.39 is 0 Å². The molecule has 0 aliphatic heterocycles. The maximum atomic E-state index is 10.0. The number of rotatable bonds is 6. The zero-order chi connectivity index (χ0) is 25.1. The van der Waals surface area contributed by atoms with E-state index in [1.165, 1.54) is 21.8 Å². The van der Waals surface area contributed by atoms with Gasteiger partial charge in [-0.05, 0) is 60.8 Å². The molecule has 0 radical (unpaired) electrons. The molecule has 0 bridgehead atoms. The van der Waals surface area contributed by atoms with Crippen LogP contribution in [-0.4, -0.2) is 57.4 Å². The smallest absolute Gasteiger partial charge is 0.216 e. The average Bonchev–Trinajstić information content (AvgIpc) is 3.45. The Bertz CT molecular complexity index is 1610. The van der Waals surface area contributed by atoms with Crippen molar-refractivity contribution >= 4 is 36.9 Å². The highest BCUT2D eigenvalue weighted by Crippen LogP contribution is 2.22. The first-order chi connectivity index (χ1) is 17.5. The number of phenolic OH excluding ortho intramolecular Hbond substituents is 2. The molecule has 0 saturated carbocycles. The van der Waals surface area contributed by atoms with Gasteiger partial charge < -0.3 is 10.2 Å². The van der Waals surface area contributed by atoms with Crippen molar-refractivity contribution in [1.29, 1.82) is 0 Å². The molecule has 13 heteroatoms. The van der Waals surface area contributed by atoms with E-state index in [1.54, 1.807) is 66.7 Å². The molecule has 4 N–H and O–H groups in total. The predicted octanol–water partition coefficient (Wildman–Crippen LogP) is 4.10. The van der Waals surface area contributed by atoms with Crippen LogP contribution >= 0.6 is 24.4 Å². The number of pyridine rings is 1. The van der Waals surface area contributed by atoms with Crippen LogP contribution in [0.5, 0.6) is 11.5 Å². The van der Waals surface area contributed by atoms with Crippen LogP contribution < -0.4 is 0 Å². The molecular formula is C23H17N9O2S2. The van der Waals surface area contributed by atoms with Crippen LogP contribution in [0.1, 0.15) is 11.1 Å². The van der Waals surface area contributed by atoms with Crippen molar-refractivity contribution in [3.8, 4) is 34.5 Å². The fourth-order valence-electron chi connectivity index (χ4n) is 3.25. The van der Waals surface area contributed by atoms with Crippen molar-refractivity contribution in [1.82, 2.24) is 34.7 Å². The van der Waals surface area contributed by atoms with Gasteiger partial charge in [0, 0.05) is 11.1 Å². The molecule has 3 heterocycles. The molecule has 2 aromatic carbocycles. The Morgan fingerprint density at radius 1 is 0.667 bits per heavy atom. The molecule has 0 spiro atoms. The van der Waals surface area contributed by atoms with Crippen molar-refractivity contribution in [2.45, 2.75) is 0 Å². The number of nitrogens with one attached hydrogen (secondary N) is 2. The normalized spacial score (nSPS) is 11.6. The summed E-state index contributed by atoms with van der Waals surface area (Å²) in [6, 6.07) is 18.9. The number of aromatic amines is 2. The number of hydrogen-bond acceptors (Lipinski definition) is 9. The largest absolute Gasteiger partial charge is 0.507 e. The van der Waals surface area contributed by atoms with Crippen molar-refractivity contribution in [2.24, 2.45) is 10.2 Å². The van der Waals surface area contributed by atoms with Crippen molar-refractivity contribution in [2.75, 3.05) is 0 Å². The van der Waals surface area contributed by atoms with E-state index >= 15 is 0 Å². The second kappa shape index (κ2) is 9.85. The van der Waals surface area contributed by atoms with Crippen molar-refractivity contribution in [3.63, 3.8) is 0 Å². The third-order valence-corrected chi connectivity index (χ3v) is 5.53. The van der Waals surface area contributed by atoms with E-state index in [1.807, 2.05) is 0 Å². The Morgan fingerprint density at radius 3 is 1.56 bits per heavy atom. The maximum absolute atomic E-state index is 10.0. The van der Waals surface area contributed by atoms with Gasteiger partial charge in [0.2, 0.25) is 21.2 Å². The van der Waals surface area contributed by atoms with Gasteiger partial charge in [-0.1, -0.05) is 30.3 Å². The van der Waals surface area contributed by atoms with Crippen LogP contribution in [0.15, 0.2) is 76.9 Å². The quantitative estimate of drug-likeness (QED) is 0.197. The Hall–Kier alpha value is -4.75. The number of aromatic hydroxyl groups is 2. The Morgan fingerprint density at radius 2 is 1.11 bits per heavy atom. The first-order valence-electron chi connectivity index (χ1n) is 10.5. The molecule has 0 unspecified atom stereocenters. The topological polar surface area (TPSA) is 145 Å². The average molecular weight is 516 g/mol. The summed E-state index contributed by atoms with van der Waals surface area (Å²) in [5.74, 6) is 0.883. The second-order valence-corrected chi connectivity index (χ2v) is 8.12. The van der Waals surface area contributed by atoms with Crippen LogP contribution in [0.25, 0.3) is 23.0 Å². The van der Waals surface area contributed by atoms with Crippen LogP contribution in [-0.2, 0) is 0 Å². The molecule has 5 aromatic rings. The molecule has 0 atom stereocenters. The van der Waals surface area contributed by atoms with Gasteiger partial charge in [0.25, 0.3) is 0 Å². The number of H-pyrrole nitrogens is 2. The third-order valence-electron chi connectivity index (χ3n) is 5.01.